The number of pyridine rings is 1. The van der Waals surface area contributed by atoms with Gasteiger partial charge in [-0.25, -0.2) is 19.7 Å². The van der Waals surface area contributed by atoms with Crippen LogP contribution in [0.15, 0.2) is 30.7 Å². The highest BCUT2D eigenvalue weighted by Crippen LogP contribution is 2.20. The van der Waals surface area contributed by atoms with Crippen molar-refractivity contribution in [3.8, 4) is 0 Å². The third-order valence-electron chi connectivity index (χ3n) is 5.80. The number of ether oxygens (including phenoxy) is 1. The molecule has 0 saturated heterocycles. The van der Waals surface area contributed by atoms with Crippen LogP contribution in [0.5, 0.6) is 0 Å². The average molecular weight is 457 g/mol. The number of rotatable bonds is 15. The highest BCUT2D eigenvalue weighted by molar-refractivity contribution is 5.76. The van der Waals surface area contributed by atoms with Crippen LogP contribution in [-0.2, 0) is 22.4 Å². The number of hydrogen-bond acceptors (Lipinski definition) is 8. The Morgan fingerprint density at radius 2 is 2.18 bits per heavy atom. The molecule has 0 amide bonds. The first kappa shape index (κ1) is 24.9. The molecule has 9 heteroatoms. The van der Waals surface area contributed by atoms with Crippen molar-refractivity contribution < 1.29 is 14.6 Å². The van der Waals surface area contributed by atoms with E-state index < -0.39 is 12.0 Å². The number of aromatic nitrogens is 3. The fourth-order valence-electron chi connectivity index (χ4n) is 3.95. The van der Waals surface area contributed by atoms with Gasteiger partial charge in [-0.05, 0) is 69.7 Å². The van der Waals surface area contributed by atoms with Crippen molar-refractivity contribution in [1.82, 2.24) is 19.9 Å². The standard InChI is InChI=1S/C24H36N6O3/c1-2-33-17-16-30(15-11-21(24(31)32)29-22-10-13-25-18-27-22)14-4-3-7-20-9-8-19-6-5-12-26-23(19)28-20/h8-10,13,18,21H,2-7,11-12,14-17H2,1H3,(H,26,28)(H,31,32)(H,25,27,29)/t21-/m0/s1. The SMILES string of the molecule is CCOCCN(CCCCc1ccc2c(n1)NCCC2)CC[C@H](Nc1ccncn1)C(=O)O. The van der Waals surface area contributed by atoms with E-state index in [9.17, 15) is 9.90 Å². The predicted octanol–water partition coefficient (Wildman–Crippen LogP) is 2.85. The summed E-state index contributed by atoms with van der Waals surface area (Å²) in [7, 11) is 0. The Kier molecular flexibility index (Phi) is 10.3. The van der Waals surface area contributed by atoms with Crippen LogP contribution in [0.3, 0.4) is 0 Å². The molecule has 0 bridgehead atoms. The van der Waals surface area contributed by atoms with E-state index in [-0.39, 0.29) is 0 Å². The number of unbranched alkanes of at least 4 members (excludes halogenated alkanes) is 1. The van der Waals surface area contributed by atoms with E-state index in [0.717, 1.165) is 56.8 Å². The van der Waals surface area contributed by atoms with E-state index in [4.69, 9.17) is 9.72 Å². The number of aliphatic carboxylic acids is 1. The first-order valence-electron chi connectivity index (χ1n) is 11.9. The van der Waals surface area contributed by atoms with Crippen LogP contribution in [0.2, 0.25) is 0 Å². The van der Waals surface area contributed by atoms with Gasteiger partial charge in [0.05, 0.1) is 6.61 Å². The lowest BCUT2D eigenvalue weighted by molar-refractivity contribution is -0.138. The summed E-state index contributed by atoms with van der Waals surface area (Å²) in [4.78, 5) is 26.7. The Morgan fingerprint density at radius 3 is 2.97 bits per heavy atom. The highest BCUT2D eigenvalue weighted by Gasteiger charge is 2.19. The number of carboxylic acids is 1. The average Bonchev–Trinajstić information content (AvgIpc) is 2.84. The van der Waals surface area contributed by atoms with Gasteiger partial charge >= 0.3 is 5.97 Å². The maximum Gasteiger partial charge on any atom is 0.326 e. The number of anilines is 2. The van der Waals surface area contributed by atoms with Crippen LogP contribution in [0.4, 0.5) is 11.6 Å². The number of nitrogens with zero attached hydrogens (tertiary/aromatic N) is 4. The quantitative estimate of drug-likeness (QED) is 0.348. The van der Waals surface area contributed by atoms with Gasteiger partial charge in [-0.2, -0.15) is 0 Å². The second-order valence-corrected chi connectivity index (χ2v) is 8.25. The molecule has 9 nitrogen and oxygen atoms in total. The van der Waals surface area contributed by atoms with E-state index >= 15 is 0 Å². The van der Waals surface area contributed by atoms with E-state index in [0.29, 0.717) is 32.0 Å². The van der Waals surface area contributed by atoms with Gasteiger partial charge in [0, 0.05) is 38.1 Å². The number of hydrogen-bond donors (Lipinski definition) is 3. The molecule has 33 heavy (non-hydrogen) atoms. The smallest absolute Gasteiger partial charge is 0.326 e. The molecule has 1 atom stereocenters. The molecule has 0 aliphatic carbocycles. The van der Waals surface area contributed by atoms with E-state index in [1.807, 2.05) is 6.92 Å². The Labute approximate surface area is 196 Å². The molecule has 0 fully saturated rings. The van der Waals surface area contributed by atoms with E-state index in [2.05, 4.69) is 37.6 Å². The van der Waals surface area contributed by atoms with E-state index in [1.54, 1.807) is 12.3 Å². The summed E-state index contributed by atoms with van der Waals surface area (Å²) in [5, 5.41) is 16.0. The lowest BCUT2D eigenvalue weighted by atomic mass is 10.1. The minimum Gasteiger partial charge on any atom is -0.480 e. The lowest BCUT2D eigenvalue weighted by Crippen LogP contribution is -2.37. The van der Waals surface area contributed by atoms with Crippen LogP contribution in [0, 0.1) is 0 Å². The number of nitrogens with one attached hydrogen (secondary N) is 2. The first-order valence-corrected chi connectivity index (χ1v) is 11.9. The molecule has 0 radical (unpaired) electrons. The molecule has 2 aromatic heterocycles. The monoisotopic (exact) mass is 456 g/mol. The number of fused-ring (bicyclic) bond motifs is 1. The zero-order valence-electron chi connectivity index (χ0n) is 19.5. The highest BCUT2D eigenvalue weighted by atomic mass is 16.5. The summed E-state index contributed by atoms with van der Waals surface area (Å²) < 4.78 is 5.53. The third-order valence-corrected chi connectivity index (χ3v) is 5.80. The van der Waals surface area contributed by atoms with Crippen molar-refractivity contribution in [2.75, 3.05) is 50.0 Å². The summed E-state index contributed by atoms with van der Waals surface area (Å²) in [6, 6.07) is 5.32. The molecular weight excluding hydrogens is 420 g/mol. The molecule has 2 aromatic rings. The number of aryl methyl sites for hydroxylation is 2. The second-order valence-electron chi connectivity index (χ2n) is 8.25. The summed E-state index contributed by atoms with van der Waals surface area (Å²) in [5.41, 5.74) is 2.44. The first-order chi connectivity index (χ1) is 16.2. The van der Waals surface area contributed by atoms with E-state index in [1.165, 1.54) is 18.3 Å². The van der Waals surface area contributed by atoms with Crippen LogP contribution < -0.4 is 10.6 Å². The Bertz CT molecular complexity index is 851. The molecule has 3 N–H and O–H groups in total. The molecular formula is C24H36N6O3. The second kappa shape index (κ2) is 13.7. The molecule has 180 valence electrons. The summed E-state index contributed by atoms with van der Waals surface area (Å²) >= 11 is 0. The molecule has 0 spiro atoms. The van der Waals surface area contributed by atoms with Crippen LogP contribution in [0.25, 0.3) is 0 Å². The van der Waals surface area contributed by atoms with Crippen LogP contribution in [-0.4, -0.2) is 76.4 Å². The normalized spacial score (nSPS) is 13.9. The van der Waals surface area contributed by atoms with Crippen LogP contribution in [0.1, 0.15) is 43.9 Å². The van der Waals surface area contributed by atoms with Crippen molar-refractivity contribution >= 4 is 17.6 Å². The van der Waals surface area contributed by atoms with Crippen LogP contribution >= 0.6 is 0 Å². The Morgan fingerprint density at radius 1 is 1.27 bits per heavy atom. The minimum atomic E-state index is -0.884. The van der Waals surface area contributed by atoms with Gasteiger partial charge in [0.15, 0.2) is 0 Å². The van der Waals surface area contributed by atoms with Crippen molar-refractivity contribution in [2.45, 2.75) is 51.5 Å². The van der Waals surface area contributed by atoms with Gasteiger partial charge in [-0.1, -0.05) is 6.07 Å². The minimum absolute atomic E-state index is 0.476. The molecule has 3 rings (SSSR count). The fraction of sp³-hybridized carbons (Fsp3) is 0.583. The van der Waals surface area contributed by atoms with Gasteiger partial charge in [0.2, 0.25) is 0 Å². The molecule has 3 heterocycles. The van der Waals surface area contributed by atoms with Gasteiger partial charge < -0.3 is 25.4 Å². The van der Waals surface area contributed by atoms with Gasteiger partial charge in [0.25, 0.3) is 0 Å². The zero-order chi connectivity index (χ0) is 23.3. The molecule has 0 saturated carbocycles. The zero-order valence-corrected chi connectivity index (χ0v) is 19.5. The molecule has 0 aromatic carbocycles. The fourth-order valence-corrected chi connectivity index (χ4v) is 3.95. The largest absolute Gasteiger partial charge is 0.480 e. The van der Waals surface area contributed by atoms with Gasteiger partial charge in [0.1, 0.15) is 24.0 Å². The summed E-state index contributed by atoms with van der Waals surface area (Å²) in [6.45, 7) is 6.66. The Hall–Kier alpha value is -2.78. The molecule has 1 aliphatic heterocycles. The maximum absolute atomic E-state index is 11.7. The molecule has 0 unspecified atom stereocenters. The predicted molar refractivity (Wildman–Crippen MR) is 129 cm³/mol. The topological polar surface area (TPSA) is 113 Å². The number of carbonyl (C=O) groups is 1. The lowest BCUT2D eigenvalue weighted by Gasteiger charge is -2.24. The van der Waals surface area contributed by atoms with Gasteiger partial charge in [-0.3, -0.25) is 0 Å². The number of carboxylic acid groups (broad SMARTS) is 1. The van der Waals surface area contributed by atoms with Gasteiger partial charge in [-0.15, -0.1) is 0 Å². The Balaban J connectivity index is 1.46. The summed E-state index contributed by atoms with van der Waals surface area (Å²) in [5.74, 6) is 0.684. The third kappa shape index (κ3) is 8.58. The summed E-state index contributed by atoms with van der Waals surface area (Å²) in [6.07, 6.45) is 8.76. The van der Waals surface area contributed by atoms with Crippen molar-refractivity contribution in [3.05, 3.63) is 42.0 Å². The van der Waals surface area contributed by atoms with Crippen molar-refractivity contribution in [1.29, 1.82) is 0 Å². The van der Waals surface area contributed by atoms with Crippen molar-refractivity contribution in [2.24, 2.45) is 0 Å². The van der Waals surface area contributed by atoms with Crippen molar-refractivity contribution in [3.63, 3.8) is 0 Å². The molecule has 1 aliphatic rings. The maximum atomic E-state index is 11.7.